The molecule has 0 saturated carbocycles. The van der Waals surface area contributed by atoms with E-state index in [1.54, 1.807) is 25.9 Å². The second-order valence-corrected chi connectivity index (χ2v) is 9.87. The molecule has 2 rings (SSSR count). The SMILES string of the molecule is CCOC(=O)c1[nH]c2ccc(CCS(=O)(=O)N(C)C)cc2c1CCCC(=O)N(C)C. The van der Waals surface area contributed by atoms with Gasteiger partial charge < -0.3 is 14.6 Å². The lowest BCUT2D eigenvalue weighted by molar-refractivity contribution is -0.128. The first-order valence-electron chi connectivity index (χ1n) is 9.97. The number of aryl methyl sites for hydroxylation is 2. The molecule has 0 fully saturated rings. The summed E-state index contributed by atoms with van der Waals surface area (Å²) in [6, 6.07) is 5.63. The summed E-state index contributed by atoms with van der Waals surface area (Å²) in [5, 5.41) is 0.857. The van der Waals surface area contributed by atoms with Crippen molar-refractivity contribution < 1.29 is 22.7 Å². The summed E-state index contributed by atoms with van der Waals surface area (Å²) in [4.78, 5) is 29.0. The molecular weight excluding hydrogens is 406 g/mol. The zero-order valence-corrected chi connectivity index (χ0v) is 19.1. The maximum atomic E-state index is 12.4. The van der Waals surface area contributed by atoms with Crippen LogP contribution in [0.25, 0.3) is 10.9 Å². The summed E-state index contributed by atoms with van der Waals surface area (Å²) in [6.07, 6.45) is 1.88. The Labute approximate surface area is 178 Å². The molecule has 1 amide bonds. The van der Waals surface area contributed by atoms with Gasteiger partial charge >= 0.3 is 5.97 Å². The smallest absolute Gasteiger partial charge is 0.355 e. The van der Waals surface area contributed by atoms with Gasteiger partial charge in [0.05, 0.1) is 12.4 Å². The summed E-state index contributed by atoms with van der Waals surface area (Å²) in [5.41, 5.74) is 2.84. The molecule has 0 atom stereocenters. The van der Waals surface area contributed by atoms with Crippen LogP contribution in [0.2, 0.25) is 0 Å². The van der Waals surface area contributed by atoms with Crippen molar-refractivity contribution in [2.45, 2.75) is 32.6 Å². The highest BCUT2D eigenvalue weighted by atomic mass is 32.2. The first-order chi connectivity index (χ1) is 14.1. The minimum absolute atomic E-state index is 0.00727. The fraction of sp³-hybridized carbons (Fsp3) is 0.524. The number of nitrogens with one attached hydrogen (secondary N) is 1. The predicted octanol–water partition coefficient (Wildman–Crippen LogP) is 2.19. The van der Waals surface area contributed by atoms with Crippen LogP contribution >= 0.6 is 0 Å². The Kier molecular flexibility index (Phi) is 8.03. The summed E-state index contributed by atoms with van der Waals surface area (Å²) in [6.45, 7) is 2.01. The van der Waals surface area contributed by atoms with Gasteiger partial charge in [-0.15, -0.1) is 0 Å². The molecule has 0 saturated heterocycles. The Morgan fingerprint density at radius 2 is 1.80 bits per heavy atom. The molecule has 2 aromatic rings. The molecule has 1 N–H and O–H groups in total. The summed E-state index contributed by atoms with van der Waals surface area (Å²) >= 11 is 0. The number of nitrogens with zero attached hydrogens (tertiary/aromatic N) is 2. The molecule has 0 aliphatic heterocycles. The van der Waals surface area contributed by atoms with Gasteiger partial charge in [-0.1, -0.05) is 6.07 Å². The van der Waals surface area contributed by atoms with Crippen LogP contribution < -0.4 is 0 Å². The van der Waals surface area contributed by atoms with Crippen molar-refractivity contribution in [1.29, 1.82) is 0 Å². The van der Waals surface area contributed by atoms with Gasteiger partial charge in [-0.3, -0.25) is 4.79 Å². The van der Waals surface area contributed by atoms with Crippen LogP contribution in [-0.4, -0.2) is 75.0 Å². The van der Waals surface area contributed by atoms with Gasteiger partial charge in [0.25, 0.3) is 0 Å². The van der Waals surface area contributed by atoms with Crippen molar-refractivity contribution in [3.63, 3.8) is 0 Å². The Morgan fingerprint density at radius 3 is 2.40 bits per heavy atom. The van der Waals surface area contributed by atoms with E-state index >= 15 is 0 Å². The molecule has 0 spiro atoms. The first-order valence-corrected chi connectivity index (χ1v) is 11.6. The van der Waals surface area contributed by atoms with Crippen molar-refractivity contribution in [2.75, 3.05) is 40.6 Å². The monoisotopic (exact) mass is 437 g/mol. The third kappa shape index (κ3) is 5.82. The van der Waals surface area contributed by atoms with Crippen LogP contribution in [0.3, 0.4) is 0 Å². The molecule has 0 aliphatic rings. The number of amides is 1. The van der Waals surface area contributed by atoms with Gasteiger partial charge in [0.1, 0.15) is 5.69 Å². The minimum atomic E-state index is -3.30. The molecule has 30 heavy (non-hydrogen) atoms. The van der Waals surface area contributed by atoms with E-state index in [9.17, 15) is 18.0 Å². The quantitative estimate of drug-likeness (QED) is 0.575. The van der Waals surface area contributed by atoms with E-state index in [2.05, 4.69) is 4.98 Å². The van der Waals surface area contributed by atoms with Crippen molar-refractivity contribution in [1.82, 2.24) is 14.2 Å². The van der Waals surface area contributed by atoms with Crippen LogP contribution in [-0.2, 0) is 32.4 Å². The Hall–Kier alpha value is -2.39. The molecule has 1 aromatic heterocycles. The number of hydrogen-bond acceptors (Lipinski definition) is 5. The van der Waals surface area contributed by atoms with E-state index in [0.717, 1.165) is 22.0 Å². The highest BCUT2D eigenvalue weighted by molar-refractivity contribution is 7.89. The van der Waals surface area contributed by atoms with Gasteiger partial charge in [0, 0.05) is 45.5 Å². The van der Waals surface area contributed by atoms with Crippen molar-refractivity contribution >= 4 is 32.8 Å². The number of esters is 1. The lowest BCUT2D eigenvalue weighted by Crippen LogP contribution is -2.26. The third-order valence-electron chi connectivity index (χ3n) is 4.97. The molecule has 0 unspecified atom stereocenters. The third-order valence-corrected chi connectivity index (χ3v) is 6.80. The molecular formula is C21H31N3O5S. The fourth-order valence-electron chi connectivity index (χ4n) is 3.16. The summed E-state index contributed by atoms with van der Waals surface area (Å²) < 4.78 is 30.6. The van der Waals surface area contributed by atoms with Gasteiger partial charge in [0.15, 0.2) is 0 Å². The standard InChI is InChI=1S/C21H31N3O5S/c1-6-29-21(26)20-16(8-7-9-19(25)23(2)3)17-14-15(10-11-18(17)22-20)12-13-30(27,28)24(4)5/h10-11,14,22H,6-9,12-13H2,1-5H3. The highest BCUT2D eigenvalue weighted by Crippen LogP contribution is 2.27. The van der Waals surface area contributed by atoms with Crippen LogP contribution in [0.1, 0.15) is 41.4 Å². The number of rotatable bonds is 10. The van der Waals surface area contributed by atoms with Gasteiger partial charge in [-0.05, 0) is 49.4 Å². The zero-order valence-electron chi connectivity index (χ0n) is 18.3. The summed E-state index contributed by atoms with van der Waals surface area (Å²) in [7, 11) is 3.17. The topological polar surface area (TPSA) is 99.8 Å². The van der Waals surface area contributed by atoms with Crippen LogP contribution in [0, 0.1) is 0 Å². The molecule has 0 bridgehead atoms. The average molecular weight is 438 g/mol. The van der Waals surface area contributed by atoms with Crippen LogP contribution in [0.5, 0.6) is 0 Å². The second-order valence-electron chi connectivity index (χ2n) is 7.57. The van der Waals surface area contributed by atoms with E-state index in [0.29, 0.717) is 31.4 Å². The van der Waals surface area contributed by atoms with Gasteiger partial charge in [-0.25, -0.2) is 17.5 Å². The Morgan fingerprint density at radius 1 is 1.10 bits per heavy atom. The largest absolute Gasteiger partial charge is 0.461 e. The lowest BCUT2D eigenvalue weighted by Gasteiger charge is -2.11. The number of hydrogen-bond donors (Lipinski definition) is 1. The van der Waals surface area contributed by atoms with Crippen molar-refractivity contribution in [3.05, 3.63) is 35.0 Å². The van der Waals surface area contributed by atoms with E-state index in [-0.39, 0.29) is 18.3 Å². The van der Waals surface area contributed by atoms with Crippen molar-refractivity contribution in [3.8, 4) is 0 Å². The Bertz CT molecular complexity index is 1010. The number of sulfonamides is 1. The molecule has 0 aliphatic carbocycles. The molecule has 166 valence electrons. The van der Waals surface area contributed by atoms with Gasteiger partial charge in [0.2, 0.25) is 15.9 Å². The van der Waals surface area contributed by atoms with E-state index in [1.807, 2.05) is 18.2 Å². The highest BCUT2D eigenvalue weighted by Gasteiger charge is 2.20. The number of ether oxygens (including phenoxy) is 1. The molecule has 1 heterocycles. The first kappa shape index (κ1) is 23.9. The zero-order chi connectivity index (χ0) is 22.5. The fourth-order valence-corrected chi connectivity index (χ4v) is 4.02. The van der Waals surface area contributed by atoms with Crippen molar-refractivity contribution in [2.24, 2.45) is 0 Å². The number of carbonyl (C=O) groups excluding carboxylic acids is 2. The predicted molar refractivity (Wildman–Crippen MR) is 117 cm³/mol. The molecule has 8 nitrogen and oxygen atoms in total. The van der Waals surface area contributed by atoms with Crippen LogP contribution in [0.15, 0.2) is 18.2 Å². The second kappa shape index (κ2) is 10.1. The molecule has 0 radical (unpaired) electrons. The lowest BCUT2D eigenvalue weighted by atomic mass is 10.0. The van der Waals surface area contributed by atoms with E-state index < -0.39 is 16.0 Å². The van der Waals surface area contributed by atoms with Crippen LogP contribution in [0.4, 0.5) is 0 Å². The average Bonchev–Trinajstić information content (AvgIpc) is 3.04. The summed E-state index contributed by atoms with van der Waals surface area (Å²) in [5.74, 6) is -0.394. The number of benzene rings is 1. The molecule has 1 aromatic carbocycles. The normalized spacial score (nSPS) is 11.8. The van der Waals surface area contributed by atoms with Gasteiger partial charge in [-0.2, -0.15) is 0 Å². The molecule has 9 heteroatoms. The minimum Gasteiger partial charge on any atom is -0.461 e. The van der Waals surface area contributed by atoms with E-state index in [4.69, 9.17) is 4.74 Å². The number of aromatic nitrogens is 1. The number of H-pyrrole nitrogens is 1. The number of carbonyl (C=O) groups is 2. The maximum absolute atomic E-state index is 12.4. The number of fused-ring (bicyclic) bond motifs is 1. The maximum Gasteiger partial charge on any atom is 0.355 e. The number of aromatic amines is 1. The Balaban J connectivity index is 2.34. The van der Waals surface area contributed by atoms with E-state index in [1.165, 1.54) is 18.4 Å².